The fourth-order valence-electron chi connectivity index (χ4n) is 3.04. The number of furan rings is 1. The standard InChI is InChI=1S/C15H18ClNO/c1-15(7-6-11(9-15)17-2)13-8-10-4-3-5-12(16)14(10)18-13/h3-5,8,11,17H,6-7,9H2,1-2H3. The highest BCUT2D eigenvalue weighted by molar-refractivity contribution is 6.34. The van der Waals surface area contributed by atoms with E-state index in [4.69, 9.17) is 16.0 Å². The van der Waals surface area contributed by atoms with Crippen LogP contribution in [-0.2, 0) is 5.41 Å². The summed E-state index contributed by atoms with van der Waals surface area (Å²) in [4.78, 5) is 0. The Bertz CT molecular complexity index is 577. The predicted octanol–water partition coefficient (Wildman–Crippen LogP) is 4.12. The first-order chi connectivity index (χ1) is 8.62. The number of hydrogen-bond acceptors (Lipinski definition) is 2. The van der Waals surface area contributed by atoms with Crippen molar-refractivity contribution in [1.82, 2.24) is 5.32 Å². The zero-order valence-electron chi connectivity index (χ0n) is 10.8. The van der Waals surface area contributed by atoms with E-state index in [-0.39, 0.29) is 5.41 Å². The third-order valence-corrected chi connectivity index (χ3v) is 4.54. The van der Waals surface area contributed by atoms with Crippen LogP contribution in [0.5, 0.6) is 0 Å². The minimum absolute atomic E-state index is 0.135. The van der Waals surface area contributed by atoms with E-state index >= 15 is 0 Å². The molecule has 0 saturated heterocycles. The average molecular weight is 264 g/mol. The molecule has 3 heteroatoms. The molecule has 0 amide bonds. The molecule has 1 aliphatic rings. The second-order valence-electron chi connectivity index (χ2n) is 5.56. The van der Waals surface area contributed by atoms with Crippen molar-refractivity contribution in [3.63, 3.8) is 0 Å². The zero-order chi connectivity index (χ0) is 12.8. The molecule has 96 valence electrons. The summed E-state index contributed by atoms with van der Waals surface area (Å²) in [5.74, 6) is 1.07. The lowest BCUT2D eigenvalue weighted by atomic mass is 9.85. The maximum atomic E-state index is 6.17. The summed E-state index contributed by atoms with van der Waals surface area (Å²) in [6.07, 6.45) is 3.49. The van der Waals surface area contributed by atoms with Gasteiger partial charge in [-0.25, -0.2) is 0 Å². The van der Waals surface area contributed by atoms with Crippen molar-refractivity contribution in [3.05, 3.63) is 35.0 Å². The molecule has 3 rings (SSSR count). The van der Waals surface area contributed by atoms with Crippen molar-refractivity contribution in [1.29, 1.82) is 0 Å². The van der Waals surface area contributed by atoms with E-state index in [9.17, 15) is 0 Å². The molecule has 1 aromatic carbocycles. The predicted molar refractivity (Wildman–Crippen MR) is 75.3 cm³/mol. The molecule has 0 bridgehead atoms. The largest absolute Gasteiger partial charge is 0.459 e. The summed E-state index contributed by atoms with van der Waals surface area (Å²) in [5, 5.41) is 5.17. The number of rotatable bonds is 2. The van der Waals surface area contributed by atoms with Gasteiger partial charge in [0.2, 0.25) is 0 Å². The first kappa shape index (κ1) is 12.1. The summed E-state index contributed by atoms with van der Waals surface area (Å²) in [5.41, 5.74) is 0.957. The van der Waals surface area contributed by atoms with Gasteiger partial charge in [0.25, 0.3) is 0 Å². The van der Waals surface area contributed by atoms with Gasteiger partial charge in [-0.2, -0.15) is 0 Å². The topological polar surface area (TPSA) is 25.2 Å². The van der Waals surface area contributed by atoms with Crippen molar-refractivity contribution < 1.29 is 4.42 Å². The van der Waals surface area contributed by atoms with Crippen molar-refractivity contribution in [2.24, 2.45) is 0 Å². The Morgan fingerprint density at radius 1 is 1.44 bits per heavy atom. The first-order valence-electron chi connectivity index (χ1n) is 6.48. The number of fused-ring (bicyclic) bond motifs is 1. The van der Waals surface area contributed by atoms with Crippen LogP contribution in [0.2, 0.25) is 5.02 Å². The molecular weight excluding hydrogens is 246 g/mol. The summed E-state index contributed by atoms with van der Waals surface area (Å²) < 4.78 is 6.02. The highest BCUT2D eigenvalue weighted by Crippen LogP contribution is 2.43. The molecule has 2 atom stereocenters. The number of nitrogens with one attached hydrogen (secondary N) is 1. The Hall–Kier alpha value is -0.990. The summed E-state index contributed by atoms with van der Waals surface area (Å²) in [7, 11) is 2.03. The van der Waals surface area contributed by atoms with Crippen LogP contribution in [0.1, 0.15) is 31.9 Å². The summed E-state index contributed by atoms with van der Waals surface area (Å²) in [6, 6.07) is 8.65. The van der Waals surface area contributed by atoms with E-state index in [2.05, 4.69) is 24.4 Å². The Morgan fingerprint density at radius 2 is 2.28 bits per heavy atom. The molecule has 2 unspecified atom stereocenters. The number of benzene rings is 1. The lowest BCUT2D eigenvalue weighted by molar-refractivity contribution is 0.372. The van der Waals surface area contributed by atoms with Gasteiger partial charge in [0, 0.05) is 16.8 Å². The zero-order valence-corrected chi connectivity index (χ0v) is 11.6. The first-order valence-corrected chi connectivity index (χ1v) is 6.86. The van der Waals surface area contributed by atoms with Crippen LogP contribution in [0.25, 0.3) is 11.0 Å². The van der Waals surface area contributed by atoms with Crippen molar-refractivity contribution in [3.8, 4) is 0 Å². The molecule has 0 aliphatic heterocycles. The maximum absolute atomic E-state index is 6.17. The molecule has 2 aromatic rings. The van der Waals surface area contributed by atoms with Gasteiger partial charge in [-0.3, -0.25) is 0 Å². The molecule has 1 fully saturated rings. The lowest BCUT2D eigenvalue weighted by Crippen LogP contribution is -2.25. The molecule has 0 spiro atoms. The molecule has 1 saturated carbocycles. The van der Waals surface area contributed by atoms with Gasteiger partial charge in [-0.1, -0.05) is 30.7 Å². The third-order valence-electron chi connectivity index (χ3n) is 4.24. The Balaban J connectivity index is 2.02. The van der Waals surface area contributed by atoms with Crippen LogP contribution in [0.15, 0.2) is 28.7 Å². The Labute approximate surface area is 112 Å². The van der Waals surface area contributed by atoms with Crippen molar-refractivity contribution in [2.75, 3.05) is 7.05 Å². The van der Waals surface area contributed by atoms with E-state index in [1.54, 1.807) is 0 Å². The second-order valence-corrected chi connectivity index (χ2v) is 5.97. The van der Waals surface area contributed by atoms with Gasteiger partial charge in [-0.15, -0.1) is 0 Å². The highest BCUT2D eigenvalue weighted by atomic mass is 35.5. The van der Waals surface area contributed by atoms with E-state index in [1.165, 1.54) is 6.42 Å². The monoisotopic (exact) mass is 263 g/mol. The average Bonchev–Trinajstić information content (AvgIpc) is 2.94. The quantitative estimate of drug-likeness (QED) is 0.882. The van der Waals surface area contributed by atoms with Crippen LogP contribution < -0.4 is 5.32 Å². The molecule has 1 aromatic heterocycles. The van der Waals surface area contributed by atoms with Crippen LogP contribution in [0.3, 0.4) is 0 Å². The molecule has 1 N–H and O–H groups in total. The van der Waals surface area contributed by atoms with E-state index in [0.29, 0.717) is 11.1 Å². The van der Waals surface area contributed by atoms with E-state index in [1.807, 2.05) is 19.2 Å². The molecule has 18 heavy (non-hydrogen) atoms. The molecule has 1 heterocycles. The molecule has 2 nitrogen and oxygen atoms in total. The highest BCUT2D eigenvalue weighted by Gasteiger charge is 2.38. The Kier molecular flexibility index (Phi) is 2.87. The van der Waals surface area contributed by atoms with Gasteiger partial charge >= 0.3 is 0 Å². The van der Waals surface area contributed by atoms with Gasteiger partial charge in [0.15, 0.2) is 5.58 Å². The van der Waals surface area contributed by atoms with Gasteiger partial charge in [0.05, 0.1) is 5.02 Å². The number of para-hydroxylation sites is 1. The van der Waals surface area contributed by atoms with E-state index in [0.717, 1.165) is 29.6 Å². The smallest absolute Gasteiger partial charge is 0.152 e. The molecule has 1 aliphatic carbocycles. The minimum Gasteiger partial charge on any atom is -0.459 e. The third kappa shape index (κ3) is 1.84. The second kappa shape index (κ2) is 4.29. The van der Waals surface area contributed by atoms with Gasteiger partial charge in [-0.05, 0) is 38.4 Å². The van der Waals surface area contributed by atoms with E-state index < -0.39 is 0 Å². The van der Waals surface area contributed by atoms with Crippen LogP contribution in [0, 0.1) is 0 Å². The maximum Gasteiger partial charge on any atom is 0.152 e. The van der Waals surface area contributed by atoms with Crippen LogP contribution in [-0.4, -0.2) is 13.1 Å². The fraction of sp³-hybridized carbons (Fsp3) is 0.467. The number of halogens is 1. The molecule has 0 radical (unpaired) electrons. The molecular formula is C15H18ClNO. The van der Waals surface area contributed by atoms with Crippen molar-refractivity contribution in [2.45, 2.75) is 37.6 Å². The SMILES string of the molecule is CNC1CCC(C)(c2cc3cccc(Cl)c3o2)C1. The minimum atomic E-state index is 0.135. The summed E-state index contributed by atoms with van der Waals surface area (Å²) >= 11 is 6.17. The van der Waals surface area contributed by atoms with Crippen molar-refractivity contribution >= 4 is 22.6 Å². The summed E-state index contributed by atoms with van der Waals surface area (Å²) in [6.45, 7) is 2.29. The lowest BCUT2D eigenvalue weighted by Gasteiger charge is -2.21. The van der Waals surface area contributed by atoms with Gasteiger partial charge < -0.3 is 9.73 Å². The van der Waals surface area contributed by atoms with Gasteiger partial charge in [0.1, 0.15) is 5.76 Å². The number of hydrogen-bond donors (Lipinski definition) is 1. The Morgan fingerprint density at radius 3 is 2.94 bits per heavy atom. The normalized spacial score (nSPS) is 28.1. The van der Waals surface area contributed by atoms with Crippen LogP contribution >= 0.6 is 11.6 Å². The fourth-order valence-corrected chi connectivity index (χ4v) is 3.26. The van der Waals surface area contributed by atoms with Crippen LogP contribution in [0.4, 0.5) is 0 Å².